The van der Waals surface area contributed by atoms with Crippen LogP contribution in [0.25, 0.3) is 0 Å². The Bertz CT molecular complexity index is 1070. The lowest BCUT2D eigenvalue weighted by Gasteiger charge is -2.31. The summed E-state index contributed by atoms with van der Waals surface area (Å²) in [6, 6.07) is 3.57. The standard InChI is InChI=1S/C16H18ClF3N4O4S/c1-22-14(16(18,19)20)21-24(15(22)25)11-5-7-23(8-6-11)29(26,27)13-9-10(17)3-4-12(13)28-2/h3-4,9,11H,5-8H2,1-2H3. The molecule has 0 aliphatic carbocycles. The van der Waals surface area contributed by atoms with Crippen LogP contribution in [0.4, 0.5) is 13.2 Å². The molecule has 0 radical (unpaired) electrons. The maximum absolute atomic E-state index is 13.0. The van der Waals surface area contributed by atoms with Crippen molar-refractivity contribution in [3.8, 4) is 5.75 Å². The molecule has 1 fully saturated rings. The zero-order valence-corrected chi connectivity index (χ0v) is 17.1. The van der Waals surface area contributed by atoms with E-state index in [4.69, 9.17) is 16.3 Å². The summed E-state index contributed by atoms with van der Waals surface area (Å²) >= 11 is 5.91. The Labute approximate surface area is 169 Å². The molecule has 1 aliphatic rings. The molecule has 0 unspecified atom stereocenters. The zero-order valence-electron chi connectivity index (χ0n) is 15.5. The fraction of sp³-hybridized carbons (Fsp3) is 0.500. The van der Waals surface area contributed by atoms with E-state index in [-0.39, 0.29) is 41.6 Å². The molecule has 0 amide bonds. The predicted molar refractivity (Wildman–Crippen MR) is 97.5 cm³/mol. The first-order valence-corrected chi connectivity index (χ1v) is 10.3. The number of halogens is 4. The second-order valence-corrected chi connectivity index (χ2v) is 8.88. The third-order valence-electron chi connectivity index (χ3n) is 4.77. The van der Waals surface area contributed by atoms with E-state index in [1.165, 1.54) is 29.6 Å². The predicted octanol–water partition coefficient (Wildman–Crippen LogP) is 2.29. The summed E-state index contributed by atoms with van der Waals surface area (Å²) < 4.78 is 72.4. The lowest BCUT2D eigenvalue weighted by Crippen LogP contribution is -2.41. The Morgan fingerprint density at radius 2 is 1.86 bits per heavy atom. The Balaban J connectivity index is 1.83. The topological polar surface area (TPSA) is 86.4 Å². The molecule has 29 heavy (non-hydrogen) atoms. The number of ether oxygens (including phenoxy) is 1. The van der Waals surface area contributed by atoms with Gasteiger partial charge >= 0.3 is 11.9 Å². The van der Waals surface area contributed by atoms with Gasteiger partial charge in [-0.15, -0.1) is 5.10 Å². The summed E-state index contributed by atoms with van der Waals surface area (Å²) in [7, 11) is -1.61. The second kappa shape index (κ2) is 7.65. The average molecular weight is 455 g/mol. The van der Waals surface area contributed by atoms with Crippen LogP contribution < -0.4 is 10.4 Å². The molecule has 0 spiro atoms. The van der Waals surface area contributed by atoms with Crippen LogP contribution in [0.1, 0.15) is 24.7 Å². The van der Waals surface area contributed by atoms with Crippen LogP contribution >= 0.6 is 11.6 Å². The molecule has 1 aliphatic heterocycles. The van der Waals surface area contributed by atoms with Crippen molar-refractivity contribution in [2.75, 3.05) is 20.2 Å². The average Bonchev–Trinajstić information content (AvgIpc) is 2.97. The number of piperidine rings is 1. The molecule has 8 nitrogen and oxygen atoms in total. The Morgan fingerprint density at radius 3 is 2.38 bits per heavy atom. The zero-order chi connectivity index (χ0) is 21.6. The van der Waals surface area contributed by atoms with Gasteiger partial charge in [0.05, 0.1) is 13.2 Å². The molecule has 0 N–H and O–H groups in total. The molecule has 2 heterocycles. The monoisotopic (exact) mass is 454 g/mol. The molecule has 0 bridgehead atoms. The fourth-order valence-corrected chi connectivity index (χ4v) is 5.15. The van der Waals surface area contributed by atoms with Crippen LogP contribution in [-0.4, -0.2) is 47.3 Å². The number of benzene rings is 1. The Morgan fingerprint density at radius 1 is 1.24 bits per heavy atom. The molecule has 1 aromatic heterocycles. The minimum absolute atomic E-state index is 0.00698. The maximum Gasteiger partial charge on any atom is 0.451 e. The van der Waals surface area contributed by atoms with Crippen molar-refractivity contribution in [2.24, 2.45) is 7.05 Å². The quantitative estimate of drug-likeness (QED) is 0.707. The molecular formula is C16H18ClF3N4O4S. The molecule has 1 saturated heterocycles. The van der Waals surface area contributed by atoms with Gasteiger partial charge in [0.2, 0.25) is 15.8 Å². The number of methoxy groups -OCH3 is 1. The molecule has 2 aromatic rings. The SMILES string of the molecule is COc1ccc(Cl)cc1S(=O)(=O)N1CCC(n2nc(C(F)(F)F)n(C)c2=O)CC1. The summed E-state index contributed by atoms with van der Waals surface area (Å²) in [5, 5.41) is 3.65. The van der Waals surface area contributed by atoms with E-state index in [2.05, 4.69) is 5.10 Å². The molecule has 13 heteroatoms. The lowest BCUT2D eigenvalue weighted by atomic mass is 10.1. The molecule has 0 saturated carbocycles. The van der Waals surface area contributed by atoms with Crippen molar-refractivity contribution in [3.05, 3.63) is 39.5 Å². The van der Waals surface area contributed by atoms with Crippen molar-refractivity contribution in [2.45, 2.75) is 30.0 Å². The third-order valence-corrected chi connectivity index (χ3v) is 6.92. The molecule has 0 atom stereocenters. The van der Waals surface area contributed by atoms with Gasteiger partial charge in [-0.05, 0) is 31.0 Å². The summed E-state index contributed by atoms with van der Waals surface area (Å²) in [4.78, 5) is 12.1. The summed E-state index contributed by atoms with van der Waals surface area (Å²) in [5.74, 6) is -1.16. The third kappa shape index (κ3) is 4.01. The van der Waals surface area contributed by atoms with Gasteiger partial charge < -0.3 is 4.74 Å². The highest BCUT2D eigenvalue weighted by Crippen LogP contribution is 2.33. The normalized spacial score (nSPS) is 16.9. The number of hydrogen-bond donors (Lipinski definition) is 0. The maximum atomic E-state index is 13.0. The van der Waals surface area contributed by atoms with E-state index >= 15 is 0 Å². The largest absolute Gasteiger partial charge is 0.495 e. The summed E-state index contributed by atoms with van der Waals surface area (Å²) in [6.45, 7) is 0.0140. The van der Waals surface area contributed by atoms with Gasteiger partial charge in [0.25, 0.3) is 0 Å². The molecule has 160 valence electrons. The molecule has 3 rings (SSSR count). The van der Waals surface area contributed by atoms with Gasteiger partial charge in [0.15, 0.2) is 0 Å². The number of alkyl halides is 3. The fourth-order valence-electron chi connectivity index (χ4n) is 3.26. The van der Waals surface area contributed by atoms with Gasteiger partial charge in [-0.3, -0.25) is 4.57 Å². The van der Waals surface area contributed by atoms with E-state index in [0.29, 0.717) is 4.57 Å². The number of sulfonamides is 1. The Kier molecular flexibility index (Phi) is 5.71. The van der Waals surface area contributed by atoms with Gasteiger partial charge in [0.1, 0.15) is 10.6 Å². The van der Waals surface area contributed by atoms with Gasteiger partial charge in [-0.2, -0.15) is 17.5 Å². The van der Waals surface area contributed by atoms with Crippen molar-refractivity contribution < 1.29 is 26.3 Å². The van der Waals surface area contributed by atoms with E-state index in [1.807, 2.05) is 0 Å². The lowest BCUT2D eigenvalue weighted by molar-refractivity contribution is -0.147. The highest BCUT2D eigenvalue weighted by Gasteiger charge is 2.40. The van der Waals surface area contributed by atoms with E-state index in [1.54, 1.807) is 0 Å². The van der Waals surface area contributed by atoms with Crippen molar-refractivity contribution in [3.63, 3.8) is 0 Å². The van der Waals surface area contributed by atoms with Gasteiger partial charge in [-0.1, -0.05) is 11.6 Å². The first-order valence-electron chi connectivity index (χ1n) is 8.53. The smallest absolute Gasteiger partial charge is 0.451 e. The highest BCUT2D eigenvalue weighted by molar-refractivity contribution is 7.89. The van der Waals surface area contributed by atoms with E-state index < -0.39 is 33.8 Å². The highest BCUT2D eigenvalue weighted by atomic mass is 35.5. The van der Waals surface area contributed by atoms with Crippen LogP contribution in [-0.2, 0) is 23.2 Å². The number of hydrogen-bond acceptors (Lipinski definition) is 5. The first-order chi connectivity index (χ1) is 13.5. The van der Waals surface area contributed by atoms with Crippen LogP contribution in [0.3, 0.4) is 0 Å². The van der Waals surface area contributed by atoms with Crippen LogP contribution in [0.15, 0.2) is 27.9 Å². The van der Waals surface area contributed by atoms with Crippen molar-refractivity contribution >= 4 is 21.6 Å². The number of aromatic nitrogens is 3. The number of nitrogens with zero attached hydrogens (tertiary/aromatic N) is 4. The van der Waals surface area contributed by atoms with E-state index in [9.17, 15) is 26.4 Å². The van der Waals surface area contributed by atoms with Crippen LogP contribution in [0.5, 0.6) is 5.75 Å². The molecule has 1 aromatic carbocycles. The minimum Gasteiger partial charge on any atom is -0.495 e. The first kappa shape index (κ1) is 21.7. The second-order valence-electron chi connectivity index (χ2n) is 6.54. The van der Waals surface area contributed by atoms with Gasteiger partial charge in [-0.25, -0.2) is 17.9 Å². The van der Waals surface area contributed by atoms with Crippen LogP contribution in [0.2, 0.25) is 5.02 Å². The van der Waals surface area contributed by atoms with Crippen molar-refractivity contribution in [1.82, 2.24) is 18.7 Å². The minimum atomic E-state index is -4.76. The van der Waals surface area contributed by atoms with Crippen LogP contribution in [0, 0.1) is 0 Å². The Hall–Kier alpha value is -2.05. The van der Waals surface area contributed by atoms with E-state index in [0.717, 1.165) is 11.7 Å². The van der Waals surface area contributed by atoms with Crippen molar-refractivity contribution in [1.29, 1.82) is 0 Å². The summed E-state index contributed by atoms with van der Waals surface area (Å²) in [5.41, 5.74) is -0.893. The molecular weight excluding hydrogens is 437 g/mol. The number of rotatable bonds is 4. The van der Waals surface area contributed by atoms with Gasteiger partial charge in [0, 0.05) is 25.2 Å². The summed E-state index contributed by atoms with van der Waals surface area (Å²) in [6.07, 6.45) is -4.49.